The predicted molar refractivity (Wildman–Crippen MR) is 91.6 cm³/mol. The zero-order chi connectivity index (χ0) is 21.2. The maximum absolute atomic E-state index is 15.0. The van der Waals surface area contributed by atoms with Gasteiger partial charge in [-0.1, -0.05) is 0 Å². The van der Waals surface area contributed by atoms with Crippen LogP contribution in [0.15, 0.2) is 40.2 Å². The maximum Gasteiger partial charge on any atom is 0.750 e. The van der Waals surface area contributed by atoms with E-state index < -0.39 is 57.0 Å². The minimum atomic E-state index is -3.04. The van der Waals surface area contributed by atoms with Gasteiger partial charge in [0.25, 0.3) is 11.4 Å². The lowest BCUT2D eigenvalue weighted by atomic mass is 10.1. The van der Waals surface area contributed by atoms with Gasteiger partial charge in [0.15, 0.2) is 12.8 Å². The van der Waals surface area contributed by atoms with Crippen molar-refractivity contribution in [2.45, 2.75) is 30.9 Å². The molecule has 1 fully saturated rings. The molecule has 0 amide bonds. The number of aromatic nitrogens is 3. The molecule has 1 aliphatic rings. The van der Waals surface area contributed by atoms with E-state index in [1.54, 1.807) is 0 Å². The number of hydrogen-bond donors (Lipinski definition) is 4. The Balaban J connectivity index is 1.69. The van der Waals surface area contributed by atoms with Crippen molar-refractivity contribution in [3.63, 3.8) is 0 Å². The van der Waals surface area contributed by atoms with Crippen LogP contribution in [0.3, 0.4) is 0 Å². The molecule has 0 spiro atoms. The molecule has 1 aliphatic heterocycles. The summed E-state index contributed by atoms with van der Waals surface area (Å²) in [6, 6.07) is 3.74. The Morgan fingerprint density at radius 3 is 2.83 bits per heavy atom. The minimum Gasteiger partial charge on any atom is -0.390 e. The van der Waals surface area contributed by atoms with Crippen LogP contribution in [-0.4, -0.2) is 54.5 Å². The second-order valence-electron chi connectivity index (χ2n) is 5.94. The van der Waals surface area contributed by atoms with Gasteiger partial charge in [-0.3, -0.25) is 19.3 Å². The van der Waals surface area contributed by atoms with E-state index in [0.717, 1.165) is 12.3 Å². The van der Waals surface area contributed by atoms with Gasteiger partial charge in [0.1, 0.15) is 17.9 Å². The van der Waals surface area contributed by atoms with Gasteiger partial charge in [-0.2, -0.15) is 0 Å². The third-order valence-corrected chi connectivity index (χ3v) is 4.72. The molecule has 29 heavy (non-hydrogen) atoms. The molecule has 12 nitrogen and oxygen atoms in total. The fraction of sp³-hybridized carbons (Fsp3) is 0.400. The number of pyridine rings is 1. The molecule has 0 aliphatic carbocycles. The number of halogens is 1. The average molecular weight is 432 g/mol. The van der Waals surface area contributed by atoms with Crippen LogP contribution >= 0.6 is 8.25 Å². The highest BCUT2D eigenvalue weighted by Gasteiger charge is 2.58. The fourth-order valence-corrected chi connectivity index (χ4v) is 3.25. The highest BCUT2D eigenvalue weighted by atomic mass is 31.1. The Morgan fingerprint density at radius 2 is 2.14 bits per heavy atom. The van der Waals surface area contributed by atoms with Crippen molar-refractivity contribution in [3.05, 3.63) is 57.1 Å². The average Bonchev–Trinajstić information content (AvgIpc) is 2.91. The molecule has 1 saturated heterocycles. The fourth-order valence-electron chi connectivity index (χ4n) is 2.59. The van der Waals surface area contributed by atoms with Crippen molar-refractivity contribution in [1.82, 2.24) is 14.5 Å². The second-order valence-corrected chi connectivity index (χ2v) is 6.83. The number of hydrogen-bond acceptors (Lipinski definition) is 10. The van der Waals surface area contributed by atoms with Crippen molar-refractivity contribution >= 4 is 8.25 Å². The maximum atomic E-state index is 15.0. The van der Waals surface area contributed by atoms with Crippen molar-refractivity contribution < 1.29 is 38.1 Å². The van der Waals surface area contributed by atoms with Gasteiger partial charge in [0, 0.05) is 23.0 Å². The molecule has 0 aromatic carbocycles. The molecule has 1 unspecified atom stereocenters. The lowest BCUT2D eigenvalue weighted by Gasteiger charge is -2.19. The molecule has 0 bridgehead atoms. The van der Waals surface area contributed by atoms with Crippen LogP contribution in [0.5, 0.6) is 5.75 Å². The van der Waals surface area contributed by atoms with Crippen LogP contribution in [-0.2, 0) is 20.4 Å². The molecule has 2 aromatic heterocycles. The first kappa shape index (κ1) is 21.2. The van der Waals surface area contributed by atoms with E-state index >= 15 is 0 Å². The zero-order valence-corrected chi connectivity index (χ0v) is 15.4. The third-order valence-electron chi connectivity index (χ3n) is 4.04. The van der Waals surface area contributed by atoms with Crippen LogP contribution in [0, 0.1) is 0 Å². The Hall–Kier alpha value is -2.54. The quantitative estimate of drug-likeness (QED) is 0.401. The summed E-state index contributed by atoms with van der Waals surface area (Å²) in [5, 5.41) is 29.2. The van der Waals surface area contributed by atoms with Crippen LogP contribution in [0.1, 0.15) is 11.9 Å². The van der Waals surface area contributed by atoms with Gasteiger partial charge in [0.2, 0.25) is 5.75 Å². The van der Waals surface area contributed by atoms with Crippen LogP contribution in [0.25, 0.3) is 0 Å². The van der Waals surface area contributed by atoms with Crippen LogP contribution in [0.4, 0.5) is 4.39 Å². The van der Waals surface area contributed by atoms with Gasteiger partial charge < -0.3 is 20.1 Å². The number of ether oxygens (including phenoxy) is 1. The number of H-pyrrole nitrogens is 1. The summed E-state index contributed by atoms with van der Waals surface area (Å²) in [7, 11) is -2.97. The van der Waals surface area contributed by atoms with Crippen molar-refractivity contribution in [2.75, 3.05) is 6.61 Å². The first-order valence-electron chi connectivity index (χ1n) is 8.12. The lowest BCUT2D eigenvalue weighted by Crippen LogP contribution is -2.42. The number of nitrogens with one attached hydrogen (secondary N) is 1. The van der Waals surface area contributed by atoms with E-state index in [0.29, 0.717) is 4.57 Å². The largest absolute Gasteiger partial charge is 0.750 e. The molecule has 0 radical (unpaired) electrons. The monoisotopic (exact) mass is 432 g/mol. The van der Waals surface area contributed by atoms with Gasteiger partial charge >= 0.3 is 13.9 Å². The van der Waals surface area contributed by atoms with Gasteiger partial charge in [-0.25, -0.2) is 13.7 Å². The van der Waals surface area contributed by atoms with Gasteiger partial charge in [-0.05, 0) is 12.1 Å². The standard InChI is InChI=1S/C15H15FN3O9P/c16-15(7-26-29(25)28-9-2-1-4-17-8(9)6-20)12(23)11(22)13(27-15)19-5-3-10(21)18-14(19)24/h1-5,11-13,20,22-23H,6-7H2/p+1/t11-,12+,13-,15-/m1/s1. The Morgan fingerprint density at radius 1 is 1.38 bits per heavy atom. The molecule has 5 atom stereocenters. The molecular formula is C15H16FN3O9P+. The van der Waals surface area contributed by atoms with Crippen molar-refractivity contribution in [1.29, 1.82) is 0 Å². The number of alkyl halides is 1. The molecule has 2 aromatic rings. The highest BCUT2D eigenvalue weighted by Crippen LogP contribution is 2.40. The molecule has 3 rings (SSSR count). The van der Waals surface area contributed by atoms with Crippen LogP contribution in [0.2, 0.25) is 0 Å². The van der Waals surface area contributed by atoms with E-state index in [1.165, 1.54) is 18.3 Å². The predicted octanol–water partition coefficient (Wildman–Crippen LogP) is -0.907. The molecule has 14 heteroatoms. The summed E-state index contributed by atoms with van der Waals surface area (Å²) in [6.07, 6.45) is -3.42. The van der Waals surface area contributed by atoms with Crippen LogP contribution < -0.4 is 15.8 Å². The topological polar surface area (TPSA) is 173 Å². The Bertz CT molecular complexity index is 1010. The number of nitrogens with zero attached hydrogens (tertiary/aromatic N) is 2. The highest BCUT2D eigenvalue weighted by molar-refractivity contribution is 7.33. The number of rotatable bonds is 7. The summed E-state index contributed by atoms with van der Waals surface area (Å²) >= 11 is 0. The lowest BCUT2D eigenvalue weighted by molar-refractivity contribution is -0.203. The van der Waals surface area contributed by atoms with E-state index in [-0.39, 0.29) is 11.4 Å². The molecular weight excluding hydrogens is 416 g/mol. The van der Waals surface area contributed by atoms with Gasteiger partial charge in [-0.15, -0.1) is 4.52 Å². The van der Waals surface area contributed by atoms with E-state index in [2.05, 4.69) is 4.98 Å². The second kappa shape index (κ2) is 8.45. The first-order valence-corrected chi connectivity index (χ1v) is 9.22. The Kier molecular flexibility index (Phi) is 6.17. The van der Waals surface area contributed by atoms with E-state index in [9.17, 15) is 28.8 Å². The molecule has 3 heterocycles. The van der Waals surface area contributed by atoms with E-state index in [4.69, 9.17) is 18.9 Å². The van der Waals surface area contributed by atoms with Crippen molar-refractivity contribution in [3.8, 4) is 5.75 Å². The number of aliphatic hydroxyl groups is 3. The summed E-state index contributed by atoms with van der Waals surface area (Å²) < 4.78 is 42.2. The number of aromatic amines is 1. The third kappa shape index (κ3) is 4.40. The summed E-state index contributed by atoms with van der Waals surface area (Å²) in [5.41, 5.74) is -1.65. The zero-order valence-electron chi connectivity index (χ0n) is 14.5. The summed E-state index contributed by atoms with van der Waals surface area (Å²) in [6.45, 7) is -1.63. The number of aliphatic hydroxyl groups excluding tert-OH is 3. The summed E-state index contributed by atoms with van der Waals surface area (Å²) in [4.78, 5) is 28.6. The smallest absolute Gasteiger partial charge is 0.390 e. The first-order chi connectivity index (χ1) is 13.7. The molecule has 0 saturated carbocycles. The normalized spacial score (nSPS) is 27.0. The van der Waals surface area contributed by atoms with Crippen molar-refractivity contribution in [2.24, 2.45) is 0 Å². The Labute approximate surface area is 162 Å². The van der Waals surface area contributed by atoms with E-state index in [1.807, 2.05) is 4.98 Å². The summed E-state index contributed by atoms with van der Waals surface area (Å²) in [5.74, 6) is -3.10. The van der Waals surface area contributed by atoms with Gasteiger partial charge in [0.05, 0.1) is 6.61 Å². The molecule has 4 N–H and O–H groups in total. The minimum absolute atomic E-state index is 0.0605. The SMILES string of the molecule is O=c1ccn([C@@H]2O[C@](F)(CO[P+](=O)Oc3cccnc3CO)[C@@H](O)[C@H]2O)c(=O)[nH]1. The molecule has 156 valence electrons.